The van der Waals surface area contributed by atoms with E-state index in [4.69, 9.17) is 21.1 Å². The van der Waals surface area contributed by atoms with E-state index >= 15 is 0 Å². The van der Waals surface area contributed by atoms with Crippen molar-refractivity contribution >= 4 is 17.3 Å². The van der Waals surface area contributed by atoms with Gasteiger partial charge in [0.25, 0.3) is 0 Å². The van der Waals surface area contributed by atoms with Crippen LogP contribution in [0.1, 0.15) is 38.2 Å². The summed E-state index contributed by atoms with van der Waals surface area (Å²) >= 11 is 6.01. The van der Waals surface area contributed by atoms with E-state index in [0.717, 1.165) is 47.3 Å². The SMILES string of the molecule is CCCCCCOc1ccc(NCCOc2ccc(Cl)c(C)c2)cc1. The molecule has 1 N–H and O–H groups in total. The van der Waals surface area contributed by atoms with Crippen LogP contribution >= 0.6 is 11.6 Å². The van der Waals surface area contributed by atoms with Crippen LogP contribution in [-0.4, -0.2) is 19.8 Å². The first-order valence-electron chi connectivity index (χ1n) is 9.04. The van der Waals surface area contributed by atoms with Crippen molar-refractivity contribution in [2.24, 2.45) is 0 Å². The summed E-state index contributed by atoms with van der Waals surface area (Å²) in [5.74, 6) is 1.77. The topological polar surface area (TPSA) is 30.5 Å². The molecule has 0 fully saturated rings. The number of unbranched alkanes of at least 4 members (excludes halogenated alkanes) is 3. The van der Waals surface area contributed by atoms with E-state index in [9.17, 15) is 0 Å². The zero-order chi connectivity index (χ0) is 17.9. The van der Waals surface area contributed by atoms with E-state index in [1.165, 1.54) is 19.3 Å². The first kappa shape index (κ1) is 19.5. The van der Waals surface area contributed by atoms with E-state index in [-0.39, 0.29) is 0 Å². The Morgan fingerprint density at radius 1 is 0.880 bits per heavy atom. The number of ether oxygens (including phenoxy) is 2. The van der Waals surface area contributed by atoms with Crippen molar-refractivity contribution in [3.05, 3.63) is 53.1 Å². The Bertz CT molecular complexity index is 628. The minimum Gasteiger partial charge on any atom is -0.494 e. The van der Waals surface area contributed by atoms with Crippen molar-refractivity contribution in [1.82, 2.24) is 0 Å². The second-order valence-corrected chi connectivity index (χ2v) is 6.53. The van der Waals surface area contributed by atoms with E-state index < -0.39 is 0 Å². The molecule has 0 aliphatic heterocycles. The van der Waals surface area contributed by atoms with Gasteiger partial charge in [0.1, 0.15) is 18.1 Å². The minimum absolute atomic E-state index is 0.594. The van der Waals surface area contributed by atoms with Gasteiger partial charge < -0.3 is 14.8 Å². The average molecular weight is 362 g/mol. The lowest BCUT2D eigenvalue weighted by molar-refractivity contribution is 0.305. The Hall–Kier alpha value is -1.87. The van der Waals surface area contributed by atoms with Gasteiger partial charge in [-0.1, -0.05) is 37.8 Å². The maximum absolute atomic E-state index is 6.01. The van der Waals surface area contributed by atoms with Crippen LogP contribution in [0.25, 0.3) is 0 Å². The molecule has 2 aromatic rings. The Labute approximate surface area is 156 Å². The molecule has 0 saturated heterocycles. The van der Waals surface area contributed by atoms with Gasteiger partial charge in [0.05, 0.1) is 6.61 Å². The van der Waals surface area contributed by atoms with Gasteiger partial charge in [-0.25, -0.2) is 0 Å². The Morgan fingerprint density at radius 3 is 2.32 bits per heavy atom. The smallest absolute Gasteiger partial charge is 0.119 e. The molecule has 25 heavy (non-hydrogen) atoms. The zero-order valence-corrected chi connectivity index (χ0v) is 15.9. The molecule has 0 amide bonds. The van der Waals surface area contributed by atoms with Crippen LogP contribution in [0.4, 0.5) is 5.69 Å². The van der Waals surface area contributed by atoms with Crippen LogP contribution in [0.3, 0.4) is 0 Å². The van der Waals surface area contributed by atoms with Gasteiger partial charge in [-0.3, -0.25) is 0 Å². The predicted molar refractivity (Wildman–Crippen MR) is 106 cm³/mol. The van der Waals surface area contributed by atoms with Crippen molar-refractivity contribution in [3.8, 4) is 11.5 Å². The van der Waals surface area contributed by atoms with Gasteiger partial charge in [-0.15, -0.1) is 0 Å². The van der Waals surface area contributed by atoms with Crippen LogP contribution in [0.15, 0.2) is 42.5 Å². The van der Waals surface area contributed by atoms with Crippen molar-refractivity contribution in [2.45, 2.75) is 39.5 Å². The molecule has 3 nitrogen and oxygen atoms in total. The number of rotatable bonds is 11. The fourth-order valence-electron chi connectivity index (χ4n) is 2.46. The van der Waals surface area contributed by atoms with Crippen LogP contribution in [0.2, 0.25) is 5.02 Å². The largest absolute Gasteiger partial charge is 0.494 e. The number of hydrogen-bond acceptors (Lipinski definition) is 3. The molecule has 0 radical (unpaired) electrons. The molecule has 0 heterocycles. The highest BCUT2D eigenvalue weighted by Gasteiger charge is 1.99. The molecular weight excluding hydrogens is 334 g/mol. The van der Waals surface area contributed by atoms with Crippen molar-refractivity contribution < 1.29 is 9.47 Å². The molecular formula is C21H28ClNO2. The third-order valence-corrected chi connectivity index (χ3v) is 4.37. The molecule has 2 rings (SSSR count). The second-order valence-electron chi connectivity index (χ2n) is 6.12. The van der Waals surface area contributed by atoms with Gasteiger partial charge in [-0.2, -0.15) is 0 Å². The number of hydrogen-bond donors (Lipinski definition) is 1. The fraction of sp³-hybridized carbons (Fsp3) is 0.429. The zero-order valence-electron chi connectivity index (χ0n) is 15.2. The highest BCUT2D eigenvalue weighted by Crippen LogP contribution is 2.21. The maximum Gasteiger partial charge on any atom is 0.119 e. The quantitative estimate of drug-likeness (QED) is 0.490. The van der Waals surface area contributed by atoms with Crippen molar-refractivity contribution in [1.29, 1.82) is 0 Å². The summed E-state index contributed by atoms with van der Waals surface area (Å²) in [7, 11) is 0. The number of benzene rings is 2. The summed E-state index contributed by atoms with van der Waals surface area (Å²) in [5.41, 5.74) is 2.09. The summed E-state index contributed by atoms with van der Waals surface area (Å²) in [6.45, 7) is 6.31. The number of anilines is 1. The first-order valence-corrected chi connectivity index (χ1v) is 9.42. The Morgan fingerprint density at radius 2 is 1.60 bits per heavy atom. The molecule has 0 aromatic heterocycles. The third kappa shape index (κ3) is 7.27. The fourth-order valence-corrected chi connectivity index (χ4v) is 2.58. The highest BCUT2D eigenvalue weighted by molar-refractivity contribution is 6.31. The summed E-state index contributed by atoms with van der Waals surface area (Å²) in [6, 6.07) is 13.8. The van der Waals surface area contributed by atoms with Gasteiger partial charge in [0.2, 0.25) is 0 Å². The van der Waals surface area contributed by atoms with E-state index in [1.54, 1.807) is 0 Å². The normalized spacial score (nSPS) is 10.5. The molecule has 0 unspecified atom stereocenters. The molecule has 0 saturated carbocycles. The van der Waals surface area contributed by atoms with Gasteiger partial charge >= 0.3 is 0 Å². The Kier molecular flexibility index (Phi) is 8.47. The molecule has 0 atom stereocenters. The van der Waals surface area contributed by atoms with Gasteiger partial charge in [0.15, 0.2) is 0 Å². The third-order valence-electron chi connectivity index (χ3n) is 3.95. The standard InChI is InChI=1S/C21H28ClNO2/c1-3-4-5-6-14-24-19-9-7-18(8-10-19)23-13-15-25-20-11-12-21(22)17(2)16-20/h7-12,16,23H,3-6,13-15H2,1-2H3. The molecule has 0 bridgehead atoms. The van der Waals surface area contributed by atoms with E-state index in [2.05, 4.69) is 12.2 Å². The number of nitrogens with one attached hydrogen (secondary N) is 1. The Balaban J connectivity index is 1.64. The average Bonchev–Trinajstić information content (AvgIpc) is 2.62. The lowest BCUT2D eigenvalue weighted by Crippen LogP contribution is -2.11. The van der Waals surface area contributed by atoms with Gasteiger partial charge in [0, 0.05) is 17.3 Å². The molecule has 2 aromatic carbocycles. The molecule has 136 valence electrons. The lowest BCUT2D eigenvalue weighted by atomic mass is 10.2. The van der Waals surface area contributed by atoms with Crippen LogP contribution < -0.4 is 14.8 Å². The number of aryl methyl sites for hydroxylation is 1. The summed E-state index contributed by atoms with van der Waals surface area (Å²) in [6.07, 6.45) is 4.89. The summed E-state index contributed by atoms with van der Waals surface area (Å²) < 4.78 is 11.5. The first-order chi connectivity index (χ1) is 12.2. The monoisotopic (exact) mass is 361 g/mol. The second kappa shape index (κ2) is 10.9. The van der Waals surface area contributed by atoms with Crippen molar-refractivity contribution in [2.75, 3.05) is 25.1 Å². The van der Waals surface area contributed by atoms with Crippen molar-refractivity contribution in [3.63, 3.8) is 0 Å². The molecule has 4 heteroatoms. The summed E-state index contributed by atoms with van der Waals surface area (Å²) in [4.78, 5) is 0. The van der Waals surface area contributed by atoms with E-state index in [0.29, 0.717) is 6.61 Å². The van der Waals surface area contributed by atoms with Gasteiger partial charge in [-0.05, 0) is 61.4 Å². The molecule has 0 spiro atoms. The molecule has 0 aliphatic rings. The van der Waals surface area contributed by atoms with Crippen LogP contribution in [0.5, 0.6) is 11.5 Å². The van der Waals surface area contributed by atoms with Crippen LogP contribution in [-0.2, 0) is 0 Å². The van der Waals surface area contributed by atoms with Crippen LogP contribution in [0, 0.1) is 6.92 Å². The minimum atomic E-state index is 0.594. The highest BCUT2D eigenvalue weighted by atomic mass is 35.5. The lowest BCUT2D eigenvalue weighted by Gasteiger charge is -2.11. The molecule has 0 aliphatic carbocycles. The predicted octanol–water partition coefficient (Wildman–Crippen LogP) is 6.10. The summed E-state index contributed by atoms with van der Waals surface area (Å²) in [5, 5.41) is 4.11. The van der Waals surface area contributed by atoms with E-state index in [1.807, 2.05) is 49.4 Å². The maximum atomic E-state index is 6.01. The number of halogens is 1.